The van der Waals surface area contributed by atoms with E-state index in [1.165, 1.54) is 105 Å². The fourth-order valence-electron chi connectivity index (χ4n) is 11.3. The summed E-state index contributed by atoms with van der Waals surface area (Å²) >= 11 is 0. The van der Waals surface area contributed by atoms with Gasteiger partial charge in [0.2, 0.25) is 0 Å². The lowest BCUT2D eigenvalue weighted by molar-refractivity contribution is 0.590. The van der Waals surface area contributed by atoms with Crippen molar-refractivity contribution in [1.82, 2.24) is 0 Å². The number of hydrogen-bond donors (Lipinski definition) is 0. The Hall–Kier alpha value is -6.36. The molecule has 3 aliphatic rings. The lowest BCUT2D eigenvalue weighted by Crippen LogP contribution is -2.72. The second-order valence-electron chi connectivity index (χ2n) is 21.9. The Kier molecular flexibility index (Phi) is 9.27. The van der Waals surface area contributed by atoms with E-state index in [0.29, 0.717) is 0 Å². The van der Waals surface area contributed by atoms with Crippen LogP contribution in [0, 0.1) is 6.92 Å². The van der Waals surface area contributed by atoms with Crippen molar-refractivity contribution in [1.29, 1.82) is 0 Å². The molecule has 0 atom stereocenters. The number of aryl methyl sites for hydroxylation is 1. The Morgan fingerprint density at radius 3 is 1.40 bits per heavy atom. The Labute approximate surface area is 388 Å². The van der Waals surface area contributed by atoms with Gasteiger partial charge in [-0.3, -0.25) is 0 Å². The van der Waals surface area contributed by atoms with E-state index in [0.717, 1.165) is 0 Å². The van der Waals surface area contributed by atoms with Gasteiger partial charge in [0.25, 0.3) is 6.71 Å². The maximum absolute atomic E-state index is 2.76. The van der Waals surface area contributed by atoms with Crippen LogP contribution < -0.4 is 46.9 Å². The summed E-state index contributed by atoms with van der Waals surface area (Å²) in [5, 5.41) is 5.74. The average molecular weight is 859 g/mol. The summed E-state index contributed by atoms with van der Waals surface area (Å²) in [6.45, 7) is 23.3. The lowest BCUT2D eigenvalue weighted by Gasteiger charge is -2.45. The summed E-state index contributed by atoms with van der Waals surface area (Å²) in [5.41, 5.74) is 19.4. The zero-order valence-electron chi connectivity index (χ0n) is 39.7. The molecule has 0 radical (unpaired) electrons. The third-order valence-corrected chi connectivity index (χ3v) is 19.5. The first kappa shape index (κ1) is 41.4. The van der Waals surface area contributed by atoms with Crippen LogP contribution in [0.1, 0.15) is 84.6 Å². The fourth-order valence-corrected chi connectivity index (χ4v) is 16.5. The van der Waals surface area contributed by atoms with Crippen LogP contribution in [0.5, 0.6) is 0 Å². The fraction of sp³-hybridized carbons (Fsp3) is 0.213. The van der Waals surface area contributed by atoms with Crippen LogP contribution >= 0.6 is 0 Å². The van der Waals surface area contributed by atoms with Gasteiger partial charge in [0.05, 0.1) is 0 Å². The molecule has 0 saturated carbocycles. The van der Waals surface area contributed by atoms with Crippen LogP contribution in [0.15, 0.2) is 176 Å². The van der Waals surface area contributed by atoms with Gasteiger partial charge in [0.15, 0.2) is 8.07 Å². The Bertz CT molecular complexity index is 3150. The van der Waals surface area contributed by atoms with Gasteiger partial charge >= 0.3 is 0 Å². The predicted octanol–water partition coefficient (Wildman–Crippen LogP) is 11.3. The molecule has 8 aromatic rings. The molecule has 8 aromatic carbocycles. The van der Waals surface area contributed by atoms with Gasteiger partial charge in [0.1, 0.15) is 0 Å². The smallest absolute Gasteiger partial charge is 0.252 e. The molecule has 0 unspecified atom stereocenters. The molecule has 0 fully saturated rings. The van der Waals surface area contributed by atoms with E-state index < -0.39 is 8.07 Å². The molecule has 11 rings (SSSR count). The summed E-state index contributed by atoms with van der Waals surface area (Å²) in [6, 6.07) is 68.4. The molecule has 0 aromatic heterocycles. The maximum Gasteiger partial charge on any atom is 0.252 e. The summed E-state index contributed by atoms with van der Waals surface area (Å²) in [7, 11) is -2.76. The molecule has 0 aliphatic carbocycles. The minimum atomic E-state index is -2.76. The molecule has 65 heavy (non-hydrogen) atoms. The highest BCUT2D eigenvalue weighted by atomic mass is 28.3. The molecule has 3 aliphatic heterocycles. The summed E-state index contributed by atoms with van der Waals surface area (Å²) in [6.07, 6.45) is 0. The quantitative estimate of drug-likeness (QED) is 0.163. The van der Waals surface area contributed by atoms with E-state index in [9.17, 15) is 0 Å². The Morgan fingerprint density at radius 1 is 0.385 bits per heavy atom. The molecular formula is C61H59BN2Si. The van der Waals surface area contributed by atoms with Crippen LogP contribution in [0.25, 0.3) is 11.1 Å². The SMILES string of the molecule is Cc1cc2c3c(c1)N(c1ccc4c(c1)[Si](c1ccccc1)(c1ccccc1)c1ccccc1-4)c1cc(C(C)(C)C)ccc1B3c1ccc(C(C)(C)C)cc1N2c1cccc(C(C)(C)C)c1. The van der Waals surface area contributed by atoms with E-state index in [1.54, 1.807) is 0 Å². The number of anilines is 6. The molecular weight excluding hydrogens is 800 g/mol. The maximum atomic E-state index is 2.64. The van der Waals surface area contributed by atoms with Gasteiger partial charge < -0.3 is 9.80 Å². The van der Waals surface area contributed by atoms with Crippen molar-refractivity contribution in [2.45, 2.75) is 85.5 Å². The van der Waals surface area contributed by atoms with Crippen molar-refractivity contribution in [3.63, 3.8) is 0 Å². The van der Waals surface area contributed by atoms with Gasteiger partial charge in [-0.15, -0.1) is 0 Å². The molecule has 3 heterocycles. The van der Waals surface area contributed by atoms with Crippen molar-refractivity contribution in [3.8, 4) is 11.1 Å². The van der Waals surface area contributed by atoms with Gasteiger partial charge in [-0.25, -0.2) is 0 Å². The highest BCUT2D eigenvalue weighted by molar-refractivity contribution is 7.22. The summed E-state index contributed by atoms with van der Waals surface area (Å²) < 4.78 is 0. The molecule has 0 saturated heterocycles. The number of fused-ring (bicyclic) bond motifs is 7. The summed E-state index contributed by atoms with van der Waals surface area (Å²) in [4.78, 5) is 5.24. The van der Waals surface area contributed by atoms with Crippen LogP contribution in [0.3, 0.4) is 0 Å². The van der Waals surface area contributed by atoms with Crippen LogP contribution in [0.4, 0.5) is 34.1 Å². The number of rotatable bonds is 4. The first-order valence-electron chi connectivity index (χ1n) is 23.5. The molecule has 2 nitrogen and oxygen atoms in total. The van der Waals surface area contributed by atoms with Crippen LogP contribution in [0.2, 0.25) is 0 Å². The third kappa shape index (κ3) is 6.35. The standard InChI is InChI=1S/C61H59BN2Si/c1-40-34-54-58-55(35-40)64(45-30-31-49-48-26-17-18-27-56(48)65(57(49)39-45,46-22-13-11-14-23-46)47-24-15-12-16-25-47)53-38-43(61(8,9)10)29-33-51(53)62(58)50-32-28-42(60(5,6)7)37-52(50)63(54)44-21-19-20-41(36-44)59(2,3)4/h11-39H,1-10H3. The highest BCUT2D eigenvalue weighted by Crippen LogP contribution is 2.47. The highest BCUT2D eigenvalue weighted by Gasteiger charge is 2.50. The molecule has 320 valence electrons. The number of nitrogens with zero attached hydrogens (tertiary/aromatic N) is 2. The van der Waals surface area contributed by atoms with E-state index in [-0.39, 0.29) is 23.0 Å². The largest absolute Gasteiger partial charge is 0.311 e. The molecule has 0 bridgehead atoms. The molecule has 0 spiro atoms. The van der Waals surface area contributed by atoms with Gasteiger partial charge in [-0.1, -0.05) is 190 Å². The average Bonchev–Trinajstić information content (AvgIpc) is 3.58. The van der Waals surface area contributed by atoms with Crippen molar-refractivity contribution in [3.05, 3.63) is 198 Å². The number of benzene rings is 8. The second-order valence-corrected chi connectivity index (χ2v) is 25.7. The lowest BCUT2D eigenvalue weighted by atomic mass is 9.33. The number of hydrogen-bond acceptors (Lipinski definition) is 2. The van der Waals surface area contributed by atoms with Crippen LogP contribution in [-0.2, 0) is 16.2 Å². The zero-order valence-corrected chi connectivity index (χ0v) is 40.7. The Balaban J connectivity index is 1.23. The zero-order chi connectivity index (χ0) is 45.2. The van der Waals surface area contributed by atoms with E-state index >= 15 is 0 Å². The molecule has 0 amide bonds. The van der Waals surface area contributed by atoms with Crippen molar-refractivity contribution >= 4 is 86.0 Å². The normalized spacial score (nSPS) is 14.6. The minimum Gasteiger partial charge on any atom is -0.311 e. The van der Waals surface area contributed by atoms with Gasteiger partial charge in [-0.2, -0.15) is 0 Å². The third-order valence-electron chi connectivity index (χ3n) is 14.6. The first-order valence-corrected chi connectivity index (χ1v) is 25.5. The monoisotopic (exact) mass is 858 g/mol. The van der Waals surface area contributed by atoms with Crippen molar-refractivity contribution in [2.24, 2.45) is 0 Å². The van der Waals surface area contributed by atoms with Crippen LogP contribution in [-0.4, -0.2) is 14.8 Å². The molecule has 4 heteroatoms. The first-order chi connectivity index (χ1) is 31.0. The van der Waals surface area contributed by atoms with Gasteiger partial charge in [-0.05, 0) is 142 Å². The topological polar surface area (TPSA) is 6.48 Å². The van der Waals surface area contributed by atoms with Crippen molar-refractivity contribution in [2.75, 3.05) is 9.80 Å². The van der Waals surface area contributed by atoms with Gasteiger partial charge in [0, 0.05) is 34.1 Å². The molecule has 0 N–H and O–H groups in total. The summed E-state index contributed by atoms with van der Waals surface area (Å²) in [5.74, 6) is 0. The predicted molar refractivity (Wildman–Crippen MR) is 284 cm³/mol. The van der Waals surface area contributed by atoms with E-state index in [1.807, 2.05) is 0 Å². The van der Waals surface area contributed by atoms with E-state index in [2.05, 4.69) is 255 Å². The minimum absolute atomic E-state index is 0.00220. The van der Waals surface area contributed by atoms with Crippen molar-refractivity contribution < 1.29 is 0 Å². The van der Waals surface area contributed by atoms with E-state index in [4.69, 9.17) is 0 Å². The Morgan fingerprint density at radius 2 is 0.862 bits per heavy atom. The second kappa shape index (κ2) is 14.6.